The van der Waals surface area contributed by atoms with Crippen LogP contribution in [0.3, 0.4) is 0 Å². The molecule has 0 fully saturated rings. The first-order valence-corrected chi connectivity index (χ1v) is 21.9. The van der Waals surface area contributed by atoms with Gasteiger partial charge in [0.15, 0.2) is 5.96 Å². The SMILES string of the molecule is CCCC[C@H](NC(C)=O)C(=O)NCC(=O)N[C@@H](Cc1cnc[nH]1)C(=O)NC(Cc1ccccc1)C(=O)N[C@@H](CCCN=C(N)N)C(=O)NC(C)C(=O)N[C@@H](Cc1c[nH]c2ccccc12)C(=O)O. The van der Waals surface area contributed by atoms with E-state index in [4.69, 9.17) is 11.5 Å². The number of fused-ring (bicyclic) bond motifs is 1. The number of nitrogens with one attached hydrogen (secondary N) is 9. The number of carbonyl (C=O) groups is 8. The van der Waals surface area contributed by atoms with Crippen LogP contribution in [0.4, 0.5) is 0 Å². The summed E-state index contributed by atoms with van der Waals surface area (Å²) in [7, 11) is 0. The largest absolute Gasteiger partial charge is 0.480 e. The van der Waals surface area contributed by atoms with Gasteiger partial charge in [-0.25, -0.2) is 9.78 Å². The number of aromatic nitrogens is 3. The molecule has 360 valence electrons. The number of carboxylic acid groups (broad SMARTS) is 1. The van der Waals surface area contributed by atoms with Crippen molar-refractivity contribution in [3.63, 3.8) is 0 Å². The van der Waals surface area contributed by atoms with E-state index in [0.29, 0.717) is 29.7 Å². The molecule has 67 heavy (non-hydrogen) atoms. The molecule has 4 rings (SSSR count). The number of carboxylic acids is 1. The number of aromatic amines is 2. The van der Waals surface area contributed by atoms with Crippen molar-refractivity contribution < 1.29 is 43.5 Å². The summed E-state index contributed by atoms with van der Waals surface area (Å²) in [6.07, 6.45) is 6.23. The molecular formula is C45H61N13O9. The molecule has 0 saturated carbocycles. The van der Waals surface area contributed by atoms with Gasteiger partial charge in [-0.2, -0.15) is 0 Å². The zero-order valence-corrected chi connectivity index (χ0v) is 37.7. The first-order chi connectivity index (χ1) is 32.0. The summed E-state index contributed by atoms with van der Waals surface area (Å²) >= 11 is 0. The minimum Gasteiger partial charge on any atom is -0.480 e. The molecule has 6 atom stereocenters. The van der Waals surface area contributed by atoms with E-state index in [0.717, 1.165) is 17.3 Å². The van der Waals surface area contributed by atoms with Gasteiger partial charge in [-0.15, -0.1) is 0 Å². The van der Waals surface area contributed by atoms with Crippen LogP contribution in [0, 0.1) is 0 Å². The molecule has 0 bridgehead atoms. The van der Waals surface area contributed by atoms with E-state index in [1.165, 1.54) is 26.4 Å². The number of rotatable bonds is 27. The number of H-pyrrole nitrogens is 2. The second kappa shape index (κ2) is 26.2. The summed E-state index contributed by atoms with van der Waals surface area (Å²) in [5.41, 5.74) is 13.5. The number of aliphatic imine (C=N–C) groups is 1. The number of hydrogen-bond acceptors (Lipinski definition) is 10. The highest BCUT2D eigenvalue weighted by Crippen LogP contribution is 2.19. The third-order valence-electron chi connectivity index (χ3n) is 10.6. The number of nitrogens with zero attached hydrogens (tertiary/aromatic N) is 2. The number of guanidine groups is 1. The minimum atomic E-state index is -1.35. The second-order valence-corrected chi connectivity index (χ2v) is 16.0. The van der Waals surface area contributed by atoms with E-state index >= 15 is 0 Å². The standard InChI is InChI=1S/C45H61N13O9/c1-4-5-15-33(54-27(3)59)40(62)51-24-38(60)55-36(21-30-23-48-25-52-30)43(65)57-35(19-28-12-7-6-8-13-28)42(64)56-34(17-11-18-49-45(46)47)41(63)53-26(2)39(61)58-37(44(66)67)20-29-22-50-32-16-10-9-14-31(29)32/h6-10,12-14,16,22-23,25-26,33-37,50H,4-5,11,15,17-21,24H2,1-3H3,(H,48,52)(H,51,62)(H,53,63)(H,54,59)(H,55,60)(H,56,64)(H,57,65)(H,58,61)(H,66,67)(H4,46,47,49)/t26?,33-,34-,35?,36-,37-/m0/s1. The van der Waals surface area contributed by atoms with Gasteiger partial charge in [-0.3, -0.25) is 38.6 Å². The lowest BCUT2D eigenvalue weighted by atomic mass is 10.0. The Morgan fingerprint density at radius 1 is 0.701 bits per heavy atom. The molecule has 7 amide bonds. The Bertz CT molecular complexity index is 2330. The van der Waals surface area contributed by atoms with Gasteiger partial charge in [0, 0.05) is 61.7 Å². The highest BCUT2D eigenvalue weighted by Gasteiger charge is 2.32. The van der Waals surface area contributed by atoms with Crippen LogP contribution in [0.1, 0.15) is 69.7 Å². The molecule has 14 N–H and O–H groups in total. The highest BCUT2D eigenvalue weighted by molar-refractivity contribution is 5.97. The molecule has 22 nitrogen and oxygen atoms in total. The molecule has 0 aliphatic carbocycles. The van der Waals surface area contributed by atoms with Gasteiger partial charge in [-0.05, 0) is 43.4 Å². The number of nitrogens with two attached hydrogens (primary N) is 2. The van der Waals surface area contributed by atoms with E-state index in [2.05, 4.69) is 57.2 Å². The summed E-state index contributed by atoms with van der Waals surface area (Å²) in [6.45, 7) is 4.12. The quantitative estimate of drug-likeness (QED) is 0.0201. The Balaban J connectivity index is 1.51. The maximum absolute atomic E-state index is 14.3. The summed E-state index contributed by atoms with van der Waals surface area (Å²) in [5.74, 6) is -6.39. The Hall–Kier alpha value is -7.78. The normalized spacial score (nSPS) is 13.6. The van der Waals surface area contributed by atoms with E-state index in [-0.39, 0.29) is 44.6 Å². The predicted molar refractivity (Wildman–Crippen MR) is 247 cm³/mol. The lowest BCUT2D eigenvalue weighted by molar-refractivity contribution is -0.142. The summed E-state index contributed by atoms with van der Waals surface area (Å²) in [5, 5.41) is 28.9. The van der Waals surface area contributed by atoms with E-state index < -0.39 is 90.1 Å². The number of para-hydroxylation sites is 1. The molecule has 2 aromatic heterocycles. The molecule has 22 heteroatoms. The molecule has 4 aromatic rings. The van der Waals surface area contributed by atoms with Crippen molar-refractivity contribution >= 4 is 64.2 Å². The van der Waals surface area contributed by atoms with Crippen molar-refractivity contribution in [2.24, 2.45) is 16.5 Å². The minimum absolute atomic E-state index is 0.0293. The topological polar surface area (TPSA) is 350 Å². The van der Waals surface area contributed by atoms with Gasteiger partial charge < -0.3 is 63.8 Å². The van der Waals surface area contributed by atoms with Gasteiger partial charge >= 0.3 is 5.97 Å². The smallest absolute Gasteiger partial charge is 0.326 e. The molecule has 0 saturated heterocycles. The maximum Gasteiger partial charge on any atom is 0.326 e. The van der Waals surface area contributed by atoms with Crippen molar-refractivity contribution in [1.29, 1.82) is 0 Å². The summed E-state index contributed by atoms with van der Waals surface area (Å²) in [4.78, 5) is 120. The number of amides is 7. The molecule has 0 aliphatic rings. The third-order valence-corrected chi connectivity index (χ3v) is 10.6. The lowest BCUT2D eigenvalue weighted by Crippen LogP contribution is -2.59. The predicted octanol–water partition coefficient (Wildman–Crippen LogP) is -0.688. The van der Waals surface area contributed by atoms with Crippen molar-refractivity contribution in [3.8, 4) is 0 Å². The molecule has 0 aliphatic heterocycles. The number of hydrogen-bond donors (Lipinski definition) is 12. The molecule has 2 unspecified atom stereocenters. The van der Waals surface area contributed by atoms with E-state index in [1.807, 2.05) is 31.2 Å². The highest BCUT2D eigenvalue weighted by atomic mass is 16.4. The first kappa shape index (κ1) is 51.9. The van der Waals surface area contributed by atoms with Crippen LogP contribution in [0.2, 0.25) is 0 Å². The summed E-state index contributed by atoms with van der Waals surface area (Å²) < 4.78 is 0. The fraction of sp³-hybridized carbons (Fsp3) is 0.422. The van der Waals surface area contributed by atoms with Crippen LogP contribution < -0.4 is 48.7 Å². The molecular weight excluding hydrogens is 867 g/mol. The van der Waals surface area contributed by atoms with Crippen LogP contribution in [0.15, 0.2) is 78.3 Å². The molecule has 0 spiro atoms. The Labute approximate surface area is 387 Å². The number of unbranched alkanes of at least 4 members (excludes halogenated alkanes) is 1. The Morgan fingerprint density at radius 2 is 1.33 bits per heavy atom. The van der Waals surface area contributed by atoms with Crippen molar-refractivity contribution in [2.45, 2.75) is 108 Å². The third kappa shape index (κ3) is 17.3. The lowest BCUT2D eigenvalue weighted by Gasteiger charge is -2.26. The molecule has 0 radical (unpaired) electrons. The maximum atomic E-state index is 14.3. The zero-order valence-electron chi connectivity index (χ0n) is 37.7. The van der Waals surface area contributed by atoms with Gasteiger partial charge in [0.05, 0.1) is 12.9 Å². The van der Waals surface area contributed by atoms with Crippen LogP contribution in [0.5, 0.6) is 0 Å². The number of aliphatic carboxylic acids is 1. The number of carbonyl (C=O) groups excluding carboxylic acids is 7. The molecule has 2 aromatic carbocycles. The average molecular weight is 928 g/mol. The van der Waals surface area contributed by atoms with Gasteiger partial charge in [0.2, 0.25) is 41.4 Å². The Kier molecular flexibility index (Phi) is 20.3. The second-order valence-electron chi connectivity index (χ2n) is 16.0. The van der Waals surface area contributed by atoms with Gasteiger partial charge in [-0.1, -0.05) is 68.3 Å². The number of imidazole rings is 1. The average Bonchev–Trinajstić information content (AvgIpc) is 3.97. The zero-order chi connectivity index (χ0) is 48.9. The van der Waals surface area contributed by atoms with E-state index in [1.54, 1.807) is 36.5 Å². The van der Waals surface area contributed by atoms with Crippen molar-refractivity contribution in [1.82, 2.24) is 52.2 Å². The summed E-state index contributed by atoms with van der Waals surface area (Å²) in [6, 6.07) is 8.59. The fourth-order valence-electron chi connectivity index (χ4n) is 7.06. The van der Waals surface area contributed by atoms with Crippen molar-refractivity contribution in [3.05, 3.63) is 90.1 Å². The van der Waals surface area contributed by atoms with Gasteiger partial charge in [0.1, 0.15) is 36.3 Å². The van der Waals surface area contributed by atoms with Gasteiger partial charge in [0.25, 0.3) is 0 Å². The Morgan fingerprint density at radius 3 is 1.99 bits per heavy atom. The molecule has 2 heterocycles. The van der Waals surface area contributed by atoms with Crippen LogP contribution in [0.25, 0.3) is 10.9 Å². The van der Waals surface area contributed by atoms with Crippen LogP contribution in [-0.4, -0.2) is 123 Å². The van der Waals surface area contributed by atoms with Crippen molar-refractivity contribution in [2.75, 3.05) is 13.1 Å². The van der Waals surface area contributed by atoms with E-state index in [9.17, 15) is 43.5 Å². The van der Waals surface area contributed by atoms with Crippen LogP contribution >= 0.6 is 0 Å². The first-order valence-electron chi connectivity index (χ1n) is 21.9. The fourth-order valence-corrected chi connectivity index (χ4v) is 7.06. The van der Waals surface area contributed by atoms with Crippen LogP contribution in [-0.2, 0) is 57.6 Å². The monoisotopic (exact) mass is 927 g/mol. The number of benzene rings is 2.